The lowest BCUT2D eigenvalue weighted by Gasteiger charge is -1.95. The molecular weight excluding hydrogens is 274 g/mol. The third-order valence-corrected chi connectivity index (χ3v) is 3.63. The fraction of sp³-hybridized carbons (Fsp3) is 0.214. The average Bonchev–Trinajstić information content (AvgIpc) is 2.79. The Morgan fingerprint density at radius 2 is 2.25 bits per heavy atom. The molecule has 0 fully saturated rings. The summed E-state index contributed by atoms with van der Waals surface area (Å²) in [6, 6.07) is 7.99. The average molecular weight is 289 g/mol. The van der Waals surface area contributed by atoms with E-state index >= 15 is 0 Å². The van der Waals surface area contributed by atoms with Crippen LogP contribution in [0.2, 0.25) is 0 Å². The van der Waals surface area contributed by atoms with Gasteiger partial charge in [0.15, 0.2) is 0 Å². The predicted octanol–water partition coefficient (Wildman–Crippen LogP) is 2.99. The van der Waals surface area contributed by atoms with Crippen molar-refractivity contribution in [1.82, 2.24) is 4.98 Å². The Hall–Kier alpha value is -2.21. The van der Waals surface area contributed by atoms with Gasteiger partial charge in [-0.05, 0) is 19.4 Å². The highest BCUT2D eigenvalue weighted by Gasteiger charge is 2.15. The minimum Gasteiger partial charge on any atom is -0.465 e. The maximum absolute atomic E-state index is 11.5. The number of benzene rings is 1. The van der Waals surface area contributed by atoms with Crippen molar-refractivity contribution in [2.24, 2.45) is 5.10 Å². The monoisotopic (exact) mass is 289 g/mol. The quantitative estimate of drug-likeness (QED) is 0.534. The van der Waals surface area contributed by atoms with Crippen molar-refractivity contribution in [1.29, 1.82) is 0 Å². The van der Waals surface area contributed by atoms with Gasteiger partial charge in [-0.3, -0.25) is 5.43 Å². The van der Waals surface area contributed by atoms with Crippen LogP contribution in [0.4, 0.5) is 5.13 Å². The number of aryl methyl sites for hydroxylation is 2. The molecule has 0 spiro atoms. The zero-order valence-electron chi connectivity index (χ0n) is 11.5. The molecule has 0 bridgehead atoms. The molecule has 0 radical (unpaired) electrons. The van der Waals surface area contributed by atoms with Gasteiger partial charge >= 0.3 is 5.97 Å². The number of esters is 1. The molecule has 1 aromatic carbocycles. The Morgan fingerprint density at radius 1 is 1.45 bits per heavy atom. The molecule has 0 saturated carbocycles. The molecular formula is C14H15N3O2S. The van der Waals surface area contributed by atoms with Crippen molar-refractivity contribution in [3.63, 3.8) is 0 Å². The summed E-state index contributed by atoms with van der Waals surface area (Å²) in [5.41, 5.74) is 5.63. The molecule has 0 aliphatic carbocycles. The maximum atomic E-state index is 11.5. The van der Waals surface area contributed by atoms with Crippen molar-refractivity contribution < 1.29 is 9.53 Å². The van der Waals surface area contributed by atoms with Crippen LogP contribution in [0.25, 0.3) is 0 Å². The standard InChI is InChI=1S/C14H15N3O2S/c1-9-5-4-6-11(7-9)8-15-17-14-16-10(2)12(20-14)13(18)19-3/h4-8H,1-3H3,(H,16,17)/b15-8-. The van der Waals surface area contributed by atoms with Crippen molar-refractivity contribution in [2.75, 3.05) is 12.5 Å². The summed E-state index contributed by atoms with van der Waals surface area (Å²) in [6.07, 6.45) is 1.71. The molecule has 0 aliphatic heterocycles. The second-order valence-corrected chi connectivity index (χ2v) is 5.21. The zero-order chi connectivity index (χ0) is 14.5. The van der Waals surface area contributed by atoms with E-state index in [2.05, 4.69) is 20.2 Å². The van der Waals surface area contributed by atoms with E-state index in [0.717, 1.165) is 5.56 Å². The second kappa shape index (κ2) is 6.29. The lowest BCUT2D eigenvalue weighted by molar-refractivity contribution is 0.0605. The summed E-state index contributed by atoms with van der Waals surface area (Å²) in [6.45, 7) is 3.79. The first-order valence-corrected chi connectivity index (χ1v) is 6.83. The van der Waals surface area contributed by atoms with Gasteiger partial charge in [-0.2, -0.15) is 5.10 Å². The fourth-order valence-electron chi connectivity index (χ4n) is 1.64. The topological polar surface area (TPSA) is 63.6 Å². The van der Waals surface area contributed by atoms with Crippen LogP contribution in [0.5, 0.6) is 0 Å². The lowest BCUT2D eigenvalue weighted by Crippen LogP contribution is -1.99. The van der Waals surface area contributed by atoms with Crippen LogP contribution in [-0.4, -0.2) is 24.3 Å². The van der Waals surface area contributed by atoms with Gasteiger partial charge in [-0.1, -0.05) is 41.2 Å². The van der Waals surface area contributed by atoms with Crippen LogP contribution >= 0.6 is 11.3 Å². The first-order chi connectivity index (χ1) is 9.60. The van der Waals surface area contributed by atoms with Crippen molar-refractivity contribution >= 4 is 28.7 Å². The summed E-state index contributed by atoms with van der Waals surface area (Å²) < 4.78 is 4.68. The third-order valence-electron chi connectivity index (χ3n) is 2.58. The van der Waals surface area contributed by atoms with E-state index in [1.807, 2.05) is 31.2 Å². The van der Waals surface area contributed by atoms with E-state index in [9.17, 15) is 4.79 Å². The molecule has 2 rings (SSSR count). The number of hydrogen-bond donors (Lipinski definition) is 1. The largest absolute Gasteiger partial charge is 0.465 e. The predicted molar refractivity (Wildman–Crippen MR) is 80.6 cm³/mol. The van der Waals surface area contributed by atoms with Crippen molar-refractivity contribution in [3.05, 3.63) is 46.0 Å². The Labute approximate surface area is 121 Å². The van der Waals surface area contributed by atoms with E-state index < -0.39 is 0 Å². The molecule has 1 N–H and O–H groups in total. The molecule has 20 heavy (non-hydrogen) atoms. The van der Waals surface area contributed by atoms with Gasteiger partial charge in [0.2, 0.25) is 5.13 Å². The first-order valence-electron chi connectivity index (χ1n) is 6.01. The zero-order valence-corrected chi connectivity index (χ0v) is 12.3. The molecule has 1 aromatic heterocycles. The number of nitrogens with zero attached hydrogens (tertiary/aromatic N) is 2. The molecule has 0 saturated heterocycles. The maximum Gasteiger partial charge on any atom is 0.350 e. The van der Waals surface area contributed by atoms with Gasteiger partial charge < -0.3 is 4.74 Å². The molecule has 2 aromatic rings. The molecule has 104 valence electrons. The van der Waals surface area contributed by atoms with Gasteiger partial charge in [0.1, 0.15) is 4.88 Å². The van der Waals surface area contributed by atoms with Crippen LogP contribution in [0.1, 0.15) is 26.5 Å². The highest BCUT2D eigenvalue weighted by molar-refractivity contribution is 7.17. The molecule has 1 heterocycles. The molecule has 0 amide bonds. The fourth-order valence-corrected chi connectivity index (χ4v) is 2.47. The second-order valence-electron chi connectivity index (χ2n) is 4.21. The van der Waals surface area contributed by atoms with Gasteiger partial charge in [0, 0.05) is 0 Å². The van der Waals surface area contributed by atoms with Crippen LogP contribution in [-0.2, 0) is 4.74 Å². The Morgan fingerprint density at radius 3 is 2.95 bits per heavy atom. The van der Waals surface area contributed by atoms with Gasteiger partial charge in [-0.25, -0.2) is 9.78 Å². The van der Waals surface area contributed by atoms with E-state index in [4.69, 9.17) is 0 Å². The molecule has 0 aliphatic rings. The number of nitrogens with one attached hydrogen (secondary N) is 1. The first kappa shape index (κ1) is 14.2. The summed E-state index contributed by atoms with van der Waals surface area (Å²) in [7, 11) is 1.35. The number of rotatable bonds is 4. The normalized spacial score (nSPS) is 10.8. The SMILES string of the molecule is COC(=O)c1sc(N/N=C\c2cccc(C)c2)nc1C. The van der Waals surface area contributed by atoms with E-state index in [-0.39, 0.29) is 5.97 Å². The lowest BCUT2D eigenvalue weighted by atomic mass is 10.2. The Balaban J connectivity index is 2.06. The number of hydrogen-bond acceptors (Lipinski definition) is 6. The number of anilines is 1. The van der Waals surface area contributed by atoms with Gasteiger partial charge in [0.05, 0.1) is 19.0 Å². The number of hydrazone groups is 1. The Kier molecular flexibility index (Phi) is 4.47. The molecule has 6 heteroatoms. The minimum atomic E-state index is -0.379. The van der Waals surface area contributed by atoms with Crippen LogP contribution in [0.15, 0.2) is 29.4 Å². The molecule has 0 unspecified atom stereocenters. The number of ether oxygens (including phenoxy) is 1. The summed E-state index contributed by atoms with van der Waals surface area (Å²) in [4.78, 5) is 16.2. The summed E-state index contributed by atoms with van der Waals surface area (Å²) in [5.74, 6) is -0.379. The number of carbonyl (C=O) groups excluding carboxylic acids is 1. The van der Waals surface area contributed by atoms with E-state index in [0.29, 0.717) is 15.7 Å². The van der Waals surface area contributed by atoms with Crippen LogP contribution in [0.3, 0.4) is 0 Å². The smallest absolute Gasteiger partial charge is 0.350 e. The number of aromatic nitrogens is 1. The summed E-state index contributed by atoms with van der Waals surface area (Å²) in [5, 5.41) is 4.68. The van der Waals surface area contributed by atoms with Crippen molar-refractivity contribution in [2.45, 2.75) is 13.8 Å². The van der Waals surface area contributed by atoms with Gasteiger partial charge in [-0.15, -0.1) is 0 Å². The molecule has 5 nitrogen and oxygen atoms in total. The minimum absolute atomic E-state index is 0.379. The molecule has 0 atom stereocenters. The third kappa shape index (κ3) is 3.42. The van der Waals surface area contributed by atoms with E-state index in [1.165, 1.54) is 24.0 Å². The highest BCUT2D eigenvalue weighted by Crippen LogP contribution is 2.23. The number of thiazole rings is 1. The summed E-state index contributed by atoms with van der Waals surface area (Å²) >= 11 is 1.22. The van der Waals surface area contributed by atoms with Crippen LogP contribution < -0.4 is 5.43 Å². The number of methoxy groups -OCH3 is 1. The van der Waals surface area contributed by atoms with Crippen LogP contribution in [0, 0.1) is 13.8 Å². The number of carbonyl (C=O) groups is 1. The van der Waals surface area contributed by atoms with Crippen molar-refractivity contribution in [3.8, 4) is 0 Å². The van der Waals surface area contributed by atoms with E-state index in [1.54, 1.807) is 13.1 Å². The highest BCUT2D eigenvalue weighted by atomic mass is 32.1. The Bertz CT molecular complexity index is 650. The van der Waals surface area contributed by atoms with Gasteiger partial charge in [0.25, 0.3) is 0 Å².